The van der Waals surface area contributed by atoms with Crippen LogP contribution in [0.4, 0.5) is 0 Å². The summed E-state index contributed by atoms with van der Waals surface area (Å²) in [6, 6.07) is 16.0. The number of aliphatic hydroxyl groups is 2. The molecule has 4 N–H and O–H groups in total. The molecule has 3 atom stereocenters. The second kappa shape index (κ2) is 14.3. The van der Waals surface area contributed by atoms with Crippen LogP contribution >= 0.6 is 0 Å². The predicted octanol–water partition coefficient (Wildman–Crippen LogP) is 2.17. The molecule has 2 rings (SSSR count). The lowest BCUT2D eigenvalue weighted by Gasteiger charge is -2.30. The Morgan fingerprint density at radius 1 is 1.00 bits per heavy atom. The van der Waals surface area contributed by atoms with Gasteiger partial charge in [0.1, 0.15) is 21.7 Å². The Hall–Kier alpha value is -2.46. The van der Waals surface area contributed by atoms with Gasteiger partial charge in [0.25, 0.3) is 5.91 Å². The standard InChI is InChI=1S/C27H40N2O6S/c1-20(2)12-14-36(33,34)15-13-25(30)27(32)29(18-22-10-7-11-23(16-22)35-3)19-26(31)24(28)17-21-8-5-4-6-9-21/h4-11,16,20,24-26,30-31H,12-15,17-19,28H2,1-3H3/t24-,25?,26+/m0/s1. The van der Waals surface area contributed by atoms with Crippen LogP contribution in [0.5, 0.6) is 5.75 Å². The summed E-state index contributed by atoms with van der Waals surface area (Å²) in [5, 5.41) is 21.4. The molecule has 0 aliphatic rings. The summed E-state index contributed by atoms with van der Waals surface area (Å²) >= 11 is 0. The Morgan fingerprint density at radius 2 is 1.64 bits per heavy atom. The second-order valence-electron chi connectivity index (χ2n) is 9.63. The number of sulfone groups is 1. The van der Waals surface area contributed by atoms with Crippen LogP contribution in [0.2, 0.25) is 0 Å². The van der Waals surface area contributed by atoms with Gasteiger partial charge in [-0.05, 0) is 48.4 Å². The minimum absolute atomic E-state index is 0.0200. The third kappa shape index (κ3) is 10.3. The number of hydrogen-bond acceptors (Lipinski definition) is 7. The first kappa shape index (κ1) is 29.8. The van der Waals surface area contributed by atoms with Crippen molar-refractivity contribution < 1.29 is 28.2 Å². The van der Waals surface area contributed by atoms with E-state index in [2.05, 4.69) is 0 Å². The fourth-order valence-electron chi connectivity index (χ4n) is 3.75. The number of aliphatic hydroxyl groups excluding tert-OH is 2. The number of amides is 1. The zero-order valence-electron chi connectivity index (χ0n) is 21.4. The number of hydrogen-bond donors (Lipinski definition) is 3. The van der Waals surface area contributed by atoms with Crippen molar-refractivity contribution in [2.45, 2.75) is 57.9 Å². The molecule has 0 bridgehead atoms. The van der Waals surface area contributed by atoms with E-state index in [9.17, 15) is 23.4 Å². The molecule has 0 fully saturated rings. The highest BCUT2D eigenvalue weighted by atomic mass is 32.2. The van der Waals surface area contributed by atoms with E-state index in [1.807, 2.05) is 50.2 Å². The number of ether oxygens (including phenoxy) is 1. The van der Waals surface area contributed by atoms with Crippen LogP contribution in [0.3, 0.4) is 0 Å². The smallest absolute Gasteiger partial charge is 0.251 e. The third-order valence-electron chi connectivity index (χ3n) is 6.03. The van der Waals surface area contributed by atoms with Gasteiger partial charge in [-0.25, -0.2) is 8.42 Å². The minimum Gasteiger partial charge on any atom is -0.497 e. The molecule has 0 saturated carbocycles. The Bertz CT molecular complexity index is 1050. The van der Waals surface area contributed by atoms with Gasteiger partial charge in [0.15, 0.2) is 0 Å². The summed E-state index contributed by atoms with van der Waals surface area (Å²) in [6.45, 7) is 3.87. The van der Waals surface area contributed by atoms with Crippen molar-refractivity contribution in [2.75, 3.05) is 25.2 Å². The van der Waals surface area contributed by atoms with Gasteiger partial charge in [-0.3, -0.25) is 4.79 Å². The topological polar surface area (TPSA) is 130 Å². The zero-order valence-corrected chi connectivity index (χ0v) is 22.2. The van der Waals surface area contributed by atoms with Gasteiger partial charge >= 0.3 is 0 Å². The summed E-state index contributed by atoms with van der Waals surface area (Å²) in [5.74, 6) is -0.0610. The maximum Gasteiger partial charge on any atom is 0.251 e. The molecule has 2 aromatic carbocycles. The normalized spacial score (nSPS) is 14.3. The van der Waals surface area contributed by atoms with Gasteiger partial charge in [-0.15, -0.1) is 0 Å². The molecular formula is C27H40N2O6S. The largest absolute Gasteiger partial charge is 0.497 e. The van der Waals surface area contributed by atoms with Crippen molar-refractivity contribution in [1.29, 1.82) is 0 Å². The van der Waals surface area contributed by atoms with Crippen molar-refractivity contribution in [3.05, 3.63) is 65.7 Å². The molecule has 2 aromatic rings. The number of carbonyl (C=O) groups is 1. The number of carbonyl (C=O) groups excluding carboxylic acids is 1. The van der Waals surface area contributed by atoms with E-state index in [0.29, 0.717) is 18.6 Å². The predicted molar refractivity (Wildman–Crippen MR) is 141 cm³/mol. The highest BCUT2D eigenvalue weighted by Gasteiger charge is 2.28. The summed E-state index contributed by atoms with van der Waals surface area (Å²) in [7, 11) is -1.85. The van der Waals surface area contributed by atoms with E-state index in [-0.39, 0.29) is 36.9 Å². The summed E-state index contributed by atoms with van der Waals surface area (Å²) in [6.07, 6.45) is -1.83. The van der Waals surface area contributed by atoms with Gasteiger partial charge in [0, 0.05) is 19.1 Å². The third-order valence-corrected chi connectivity index (χ3v) is 7.74. The van der Waals surface area contributed by atoms with Gasteiger partial charge < -0.3 is 25.6 Å². The quantitative estimate of drug-likeness (QED) is 0.328. The van der Waals surface area contributed by atoms with Crippen molar-refractivity contribution in [1.82, 2.24) is 4.90 Å². The van der Waals surface area contributed by atoms with E-state index in [0.717, 1.165) is 11.1 Å². The highest BCUT2D eigenvalue weighted by Crippen LogP contribution is 2.17. The number of benzene rings is 2. The first-order valence-corrected chi connectivity index (χ1v) is 14.1. The fourth-order valence-corrected chi connectivity index (χ4v) is 5.37. The van der Waals surface area contributed by atoms with Crippen molar-refractivity contribution in [2.24, 2.45) is 11.7 Å². The Labute approximate surface area is 215 Å². The molecule has 0 aliphatic heterocycles. The highest BCUT2D eigenvalue weighted by molar-refractivity contribution is 7.91. The molecule has 36 heavy (non-hydrogen) atoms. The Balaban J connectivity index is 2.12. The molecule has 8 nitrogen and oxygen atoms in total. The van der Waals surface area contributed by atoms with E-state index >= 15 is 0 Å². The molecular weight excluding hydrogens is 480 g/mol. The molecule has 1 unspecified atom stereocenters. The monoisotopic (exact) mass is 520 g/mol. The first-order valence-electron chi connectivity index (χ1n) is 12.3. The average molecular weight is 521 g/mol. The van der Waals surface area contributed by atoms with Gasteiger partial charge in [-0.1, -0.05) is 56.3 Å². The van der Waals surface area contributed by atoms with Gasteiger partial charge in [-0.2, -0.15) is 0 Å². The molecule has 9 heteroatoms. The van der Waals surface area contributed by atoms with Crippen molar-refractivity contribution >= 4 is 15.7 Å². The van der Waals surface area contributed by atoms with Crippen molar-refractivity contribution in [3.63, 3.8) is 0 Å². The number of methoxy groups -OCH3 is 1. The maximum atomic E-state index is 13.2. The Kier molecular flexibility index (Phi) is 11.8. The van der Waals surface area contributed by atoms with Crippen LogP contribution in [-0.4, -0.2) is 72.8 Å². The molecule has 0 aliphatic carbocycles. The molecule has 0 heterocycles. The van der Waals surface area contributed by atoms with E-state index in [1.54, 1.807) is 18.2 Å². The molecule has 0 spiro atoms. The zero-order chi connectivity index (χ0) is 26.7. The van der Waals surface area contributed by atoms with E-state index in [4.69, 9.17) is 10.5 Å². The summed E-state index contributed by atoms with van der Waals surface area (Å²) in [4.78, 5) is 14.5. The fraction of sp³-hybridized carbons (Fsp3) is 0.519. The van der Waals surface area contributed by atoms with Crippen LogP contribution in [0.25, 0.3) is 0 Å². The lowest BCUT2D eigenvalue weighted by molar-refractivity contribution is -0.142. The molecule has 0 aromatic heterocycles. The number of nitrogens with zero attached hydrogens (tertiary/aromatic N) is 1. The van der Waals surface area contributed by atoms with Crippen LogP contribution in [-0.2, 0) is 27.6 Å². The first-order chi connectivity index (χ1) is 17.0. The molecule has 0 radical (unpaired) electrons. The van der Waals surface area contributed by atoms with E-state index < -0.39 is 34.0 Å². The number of nitrogens with two attached hydrogens (primary N) is 1. The summed E-state index contributed by atoms with van der Waals surface area (Å²) < 4.78 is 29.9. The van der Waals surface area contributed by atoms with Crippen LogP contribution in [0.15, 0.2) is 54.6 Å². The lowest BCUT2D eigenvalue weighted by atomic mass is 10.0. The lowest BCUT2D eigenvalue weighted by Crippen LogP contribution is -2.49. The second-order valence-corrected chi connectivity index (χ2v) is 11.9. The van der Waals surface area contributed by atoms with Gasteiger partial charge in [0.2, 0.25) is 0 Å². The minimum atomic E-state index is -3.39. The van der Waals surface area contributed by atoms with Crippen LogP contribution < -0.4 is 10.5 Å². The maximum absolute atomic E-state index is 13.2. The molecule has 1 amide bonds. The number of rotatable bonds is 15. The molecule has 200 valence electrons. The molecule has 0 saturated heterocycles. The van der Waals surface area contributed by atoms with E-state index in [1.165, 1.54) is 12.0 Å². The average Bonchev–Trinajstić information content (AvgIpc) is 2.86. The van der Waals surface area contributed by atoms with Crippen LogP contribution in [0, 0.1) is 5.92 Å². The van der Waals surface area contributed by atoms with Gasteiger partial charge in [0.05, 0.1) is 24.7 Å². The Morgan fingerprint density at radius 3 is 2.28 bits per heavy atom. The van der Waals surface area contributed by atoms with Crippen molar-refractivity contribution in [3.8, 4) is 5.75 Å². The van der Waals surface area contributed by atoms with Crippen LogP contribution in [0.1, 0.15) is 37.8 Å². The SMILES string of the molecule is COc1cccc(CN(C[C@@H](O)[C@@H](N)Cc2ccccc2)C(=O)C(O)CCS(=O)(=O)CCC(C)C)c1. The summed E-state index contributed by atoms with van der Waals surface area (Å²) in [5.41, 5.74) is 7.94.